The number of carbonyl (C=O) groups excluding carboxylic acids is 1. The molecule has 0 saturated heterocycles. The number of aromatic nitrogens is 1. The first-order chi connectivity index (χ1) is 11.7. The van der Waals surface area contributed by atoms with Gasteiger partial charge in [0.15, 0.2) is 4.80 Å². The van der Waals surface area contributed by atoms with E-state index in [-0.39, 0.29) is 5.91 Å². The molecule has 0 bridgehead atoms. The van der Waals surface area contributed by atoms with E-state index in [0.717, 1.165) is 22.7 Å². The predicted octanol–water partition coefficient (Wildman–Crippen LogP) is 4.05. The van der Waals surface area contributed by atoms with Gasteiger partial charge in [-0.25, -0.2) is 0 Å². The van der Waals surface area contributed by atoms with Crippen molar-refractivity contribution in [2.75, 3.05) is 6.61 Å². The summed E-state index contributed by atoms with van der Waals surface area (Å²) >= 11 is 1.45. The van der Waals surface area contributed by atoms with Crippen LogP contribution in [0.5, 0.6) is 5.75 Å². The van der Waals surface area contributed by atoms with Gasteiger partial charge in [-0.05, 0) is 36.8 Å². The average Bonchev–Trinajstić information content (AvgIpc) is 2.99. The molecule has 5 heteroatoms. The van der Waals surface area contributed by atoms with Crippen LogP contribution >= 0.6 is 11.3 Å². The van der Waals surface area contributed by atoms with E-state index in [1.54, 1.807) is 0 Å². The number of rotatable bonds is 4. The van der Waals surface area contributed by atoms with Gasteiger partial charge >= 0.3 is 0 Å². The molecule has 0 N–H and O–H groups in total. The largest absolute Gasteiger partial charge is 0.494 e. The number of hydrogen-bond donors (Lipinski definition) is 0. The smallest absolute Gasteiger partial charge is 0.245 e. The Hall–Kier alpha value is -2.66. The van der Waals surface area contributed by atoms with Gasteiger partial charge in [-0.15, -0.1) is 11.3 Å². The maximum absolute atomic E-state index is 11.5. The lowest BCUT2D eigenvalue weighted by molar-refractivity contribution is -0.116. The predicted molar refractivity (Wildman–Crippen MR) is 96.5 cm³/mol. The van der Waals surface area contributed by atoms with Crippen LogP contribution in [0.1, 0.15) is 13.8 Å². The molecule has 24 heavy (non-hydrogen) atoms. The lowest BCUT2D eigenvalue weighted by Gasteiger charge is -2.10. The second-order valence-electron chi connectivity index (χ2n) is 5.16. The molecule has 0 aliphatic heterocycles. The third-order valence-corrected chi connectivity index (χ3v) is 4.26. The molecule has 1 heterocycles. The van der Waals surface area contributed by atoms with Crippen LogP contribution in [-0.2, 0) is 4.79 Å². The Morgan fingerprint density at radius 2 is 1.83 bits per heavy atom. The van der Waals surface area contributed by atoms with Gasteiger partial charge in [0, 0.05) is 18.0 Å². The molecule has 0 atom stereocenters. The fraction of sp³-hybridized carbons (Fsp3) is 0.158. The van der Waals surface area contributed by atoms with Gasteiger partial charge in [-0.3, -0.25) is 9.36 Å². The van der Waals surface area contributed by atoms with Crippen molar-refractivity contribution in [1.82, 2.24) is 4.57 Å². The van der Waals surface area contributed by atoms with Crippen molar-refractivity contribution in [3.8, 4) is 22.7 Å². The molecule has 0 spiro atoms. The Bertz CT molecular complexity index is 893. The highest BCUT2D eigenvalue weighted by atomic mass is 32.1. The Morgan fingerprint density at radius 3 is 2.46 bits per heavy atom. The number of carbonyl (C=O) groups is 1. The van der Waals surface area contributed by atoms with Crippen molar-refractivity contribution in [2.45, 2.75) is 13.8 Å². The van der Waals surface area contributed by atoms with Crippen molar-refractivity contribution < 1.29 is 9.53 Å². The molecule has 0 aliphatic rings. The minimum absolute atomic E-state index is 0.212. The first-order valence-electron chi connectivity index (χ1n) is 7.73. The second-order valence-corrected chi connectivity index (χ2v) is 6.00. The molecule has 0 saturated carbocycles. The van der Waals surface area contributed by atoms with Crippen molar-refractivity contribution in [1.29, 1.82) is 0 Å². The summed E-state index contributed by atoms with van der Waals surface area (Å²) in [7, 11) is 0. The topological polar surface area (TPSA) is 43.6 Å². The number of amides is 1. The molecular weight excluding hydrogens is 320 g/mol. The fourth-order valence-corrected chi connectivity index (χ4v) is 3.39. The molecule has 1 aromatic heterocycles. The molecule has 0 fully saturated rings. The Balaban J connectivity index is 2.17. The van der Waals surface area contributed by atoms with Crippen molar-refractivity contribution in [3.05, 3.63) is 64.8 Å². The molecule has 1 amide bonds. The lowest BCUT2D eigenvalue weighted by Crippen LogP contribution is -2.15. The monoisotopic (exact) mass is 338 g/mol. The Kier molecular flexibility index (Phi) is 4.91. The van der Waals surface area contributed by atoms with E-state index in [2.05, 4.69) is 4.99 Å². The van der Waals surface area contributed by atoms with Crippen LogP contribution in [0.4, 0.5) is 0 Å². The summed E-state index contributed by atoms with van der Waals surface area (Å²) < 4.78 is 7.50. The molecule has 3 aromatic rings. The maximum atomic E-state index is 11.5. The van der Waals surface area contributed by atoms with Gasteiger partial charge in [0.2, 0.25) is 5.91 Å². The molecule has 122 valence electrons. The first-order valence-corrected chi connectivity index (χ1v) is 8.61. The summed E-state index contributed by atoms with van der Waals surface area (Å²) in [5.74, 6) is 0.611. The van der Waals surface area contributed by atoms with Crippen LogP contribution in [-0.4, -0.2) is 17.1 Å². The maximum Gasteiger partial charge on any atom is 0.245 e. The summed E-state index contributed by atoms with van der Waals surface area (Å²) in [4.78, 5) is 16.3. The third kappa shape index (κ3) is 3.46. The number of hydrogen-bond acceptors (Lipinski definition) is 3. The molecule has 4 nitrogen and oxygen atoms in total. The van der Waals surface area contributed by atoms with Crippen LogP contribution in [0, 0.1) is 0 Å². The molecule has 0 aliphatic carbocycles. The number of ether oxygens (including phenoxy) is 1. The minimum Gasteiger partial charge on any atom is -0.494 e. The first kappa shape index (κ1) is 16.2. The van der Waals surface area contributed by atoms with E-state index < -0.39 is 0 Å². The summed E-state index contributed by atoms with van der Waals surface area (Å²) in [5, 5.41) is 2.02. The molecule has 0 radical (unpaired) electrons. The van der Waals surface area contributed by atoms with Crippen LogP contribution in [0.25, 0.3) is 16.9 Å². The summed E-state index contributed by atoms with van der Waals surface area (Å²) in [6.07, 6.45) is 0. The lowest BCUT2D eigenvalue weighted by atomic mass is 10.1. The van der Waals surface area contributed by atoms with E-state index >= 15 is 0 Å². The molecular formula is C19H18N2O2S. The summed E-state index contributed by atoms with van der Waals surface area (Å²) in [5.41, 5.74) is 3.02. The van der Waals surface area contributed by atoms with E-state index in [9.17, 15) is 4.79 Å². The van der Waals surface area contributed by atoms with Crippen molar-refractivity contribution in [3.63, 3.8) is 0 Å². The van der Waals surface area contributed by atoms with Crippen LogP contribution in [0.3, 0.4) is 0 Å². The number of nitrogens with zero attached hydrogens (tertiary/aromatic N) is 2. The minimum atomic E-state index is -0.212. The van der Waals surface area contributed by atoms with E-state index in [0.29, 0.717) is 11.4 Å². The highest BCUT2D eigenvalue weighted by molar-refractivity contribution is 7.07. The highest BCUT2D eigenvalue weighted by Gasteiger charge is 2.10. The zero-order valence-corrected chi connectivity index (χ0v) is 14.4. The number of thiazole rings is 1. The highest BCUT2D eigenvalue weighted by Crippen LogP contribution is 2.24. The molecule has 0 unspecified atom stereocenters. The van der Waals surface area contributed by atoms with Gasteiger partial charge in [0.05, 0.1) is 12.3 Å². The normalized spacial score (nSPS) is 11.5. The summed E-state index contributed by atoms with van der Waals surface area (Å²) in [6, 6.07) is 17.9. The van der Waals surface area contributed by atoms with Crippen LogP contribution in [0.15, 0.2) is 65.0 Å². The van der Waals surface area contributed by atoms with Gasteiger partial charge in [0.25, 0.3) is 0 Å². The van der Waals surface area contributed by atoms with Crippen molar-refractivity contribution >= 4 is 17.2 Å². The summed E-state index contributed by atoms with van der Waals surface area (Å²) in [6.45, 7) is 4.05. The second kappa shape index (κ2) is 7.27. The number of benzene rings is 2. The van der Waals surface area contributed by atoms with E-state index in [1.165, 1.54) is 18.3 Å². The SMILES string of the molecule is CCOc1ccc(-n2c(-c3ccccc3)csc2=NC(C)=O)cc1. The van der Waals surface area contributed by atoms with Gasteiger partial charge in [-0.2, -0.15) is 4.99 Å². The average molecular weight is 338 g/mol. The van der Waals surface area contributed by atoms with Crippen LogP contribution in [0.2, 0.25) is 0 Å². The van der Waals surface area contributed by atoms with E-state index in [4.69, 9.17) is 4.74 Å². The Morgan fingerprint density at radius 1 is 1.12 bits per heavy atom. The molecule has 3 rings (SSSR count). The third-order valence-electron chi connectivity index (χ3n) is 3.44. The Labute approximate surface area is 144 Å². The molecule has 2 aromatic carbocycles. The fourth-order valence-electron chi connectivity index (χ4n) is 2.44. The van der Waals surface area contributed by atoms with Gasteiger partial charge in [-0.1, -0.05) is 30.3 Å². The standard InChI is InChI=1S/C19H18N2O2S/c1-3-23-17-11-9-16(10-12-17)21-18(15-7-5-4-6-8-15)13-24-19(21)20-14(2)22/h4-13H,3H2,1-2H3. The van der Waals surface area contributed by atoms with Crippen LogP contribution < -0.4 is 9.54 Å². The van der Waals surface area contributed by atoms with Crippen molar-refractivity contribution in [2.24, 2.45) is 4.99 Å². The zero-order valence-electron chi connectivity index (χ0n) is 13.6. The van der Waals surface area contributed by atoms with E-state index in [1.807, 2.05) is 71.5 Å². The zero-order chi connectivity index (χ0) is 16.9. The van der Waals surface area contributed by atoms with Gasteiger partial charge < -0.3 is 4.74 Å². The van der Waals surface area contributed by atoms with Gasteiger partial charge in [0.1, 0.15) is 5.75 Å². The quantitative estimate of drug-likeness (QED) is 0.720.